The van der Waals surface area contributed by atoms with Gasteiger partial charge in [0, 0.05) is 11.1 Å². The van der Waals surface area contributed by atoms with Crippen molar-refractivity contribution in [3.05, 3.63) is 108 Å². The summed E-state index contributed by atoms with van der Waals surface area (Å²) >= 11 is 0. The number of hydrogen-bond acceptors (Lipinski definition) is 5. The van der Waals surface area contributed by atoms with E-state index in [0.29, 0.717) is 0 Å². The van der Waals surface area contributed by atoms with Crippen molar-refractivity contribution in [1.82, 2.24) is 0 Å². The summed E-state index contributed by atoms with van der Waals surface area (Å²) in [4.78, 5) is 24.1. The first-order valence-electron chi connectivity index (χ1n) is 10.3. The number of phenols is 2. The maximum atomic E-state index is 12.1. The van der Waals surface area contributed by atoms with Crippen molar-refractivity contribution in [2.24, 2.45) is 0 Å². The summed E-state index contributed by atoms with van der Waals surface area (Å²) in [5.41, 5.74) is -2.55. The number of aliphatic carboxylic acids is 2. The Balaban J connectivity index is 1.53. The Morgan fingerprint density at radius 2 is 0.970 bits per heavy atom. The van der Waals surface area contributed by atoms with Gasteiger partial charge in [-0.15, -0.1) is 0 Å². The van der Waals surface area contributed by atoms with Crippen molar-refractivity contribution in [3.63, 3.8) is 0 Å². The third-order valence-electron chi connectivity index (χ3n) is 5.92. The number of carboxylic acids is 2. The maximum absolute atomic E-state index is 12.1. The maximum Gasteiger partial charge on any atom is 0.322 e. The number of carboxylic acid groups (broad SMARTS) is 2. The van der Waals surface area contributed by atoms with Crippen LogP contribution in [0.5, 0.6) is 11.5 Å². The molecule has 2 aliphatic carbocycles. The summed E-state index contributed by atoms with van der Waals surface area (Å²) in [5.74, 6) is -2.52. The van der Waals surface area contributed by atoms with E-state index in [1.807, 2.05) is 0 Å². The van der Waals surface area contributed by atoms with E-state index in [2.05, 4.69) is 0 Å². The number of benzene rings is 2. The van der Waals surface area contributed by atoms with Gasteiger partial charge in [0.1, 0.15) is 22.3 Å². The number of rotatable bonds is 6. The van der Waals surface area contributed by atoms with E-state index in [0.717, 1.165) is 0 Å². The Kier molecular flexibility index (Phi) is 5.66. The van der Waals surface area contributed by atoms with Gasteiger partial charge in [0.2, 0.25) is 0 Å². The lowest BCUT2D eigenvalue weighted by atomic mass is 9.76. The predicted octanol–water partition coefficient (Wildman–Crippen LogP) is 3.45. The first-order valence-corrected chi connectivity index (χ1v) is 10.3. The summed E-state index contributed by atoms with van der Waals surface area (Å²) in [5, 5.41) is 40.1. The standard InChI is InChI=1S/C26H22O7/c27-21-7-3-1-5-19(21)25(23(29)30)13-9-17(10-14-25)33-18-11-15-26(16-12-18,24(31)32)20-6-2-4-8-22(20)28/h1-18,27-28H,(H,29,30)(H,31,32). The molecule has 0 aliphatic heterocycles. The van der Waals surface area contributed by atoms with Crippen LogP contribution in [0.15, 0.2) is 97.1 Å². The minimum Gasteiger partial charge on any atom is -0.508 e. The zero-order chi connectivity index (χ0) is 23.6. The van der Waals surface area contributed by atoms with Crippen molar-refractivity contribution >= 4 is 11.9 Å². The number of hydrogen-bond donors (Lipinski definition) is 4. The van der Waals surface area contributed by atoms with Gasteiger partial charge in [0.25, 0.3) is 0 Å². The molecule has 0 saturated heterocycles. The minimum absolute atomic E-state index is 0.124. The fourth-order valence-corrected chi connectivity index (χ4v) is 4.11. The van der Waals surface area contributed by atoms with Gasteiger partial charge in [-0.3, -0.25) is 9.59 Å². The fraction of sp³-hybridized carbons (Fsp3) is 0.154. The number of carbonyl (C=O) groups is 2. The SMILES string of the molecule is O=C(O)C1(c2ccccc2O)C=CC(OC2C=CC(C(=O)O)(c3ccccc3O)C=C2)C=C1. The zero-order valence-corrected chi connectivity index (χ0v) is 17.4. The molecule has 4 N–H and O–H groups in total. The van der Waals surface area contributed by atoms with Crippen LogP contribution in [-0.2, 0) is 25.2 Å². The van der Waals surface area contributed by atoms with Crippen molar-refractivity contribution in [1.29, 1.82) is 0 Å². The topological polar surface area (TPSA) is 124 Å². The third kappa shape index (κ3) is 3.83. The van der Waals surface area contributed by atoms with Gasteiger partial charge in [0.05, 0.1) is 12.2 Å². The molecule has 2 aliphatic rings. The van der Waals surface area contributed by atoms with E-state index in [9.17, 15) is 30.0 Å². The van der Waals surface area contributed by atoms with Crippen LogP contribution in [-0.4, -0.2) is 44.6 Å². The Morgan fingerprint density at radius 1 is 0.636 bits per heavy atom. The number of aromatic hydroxyl groups is 2. The Morgan fingerprint density at radius 3 is 1.27 bits per heavy atom. The predicted molar refractivity (Wildman–Crippen MR) is 120 cm³/mol. The van der Waals surface area contributed by atoms with E-state index < -0.39 is 35.0 Å². The largest absolute Gasteiger partial charge is 0.508 e. The molecule has 2 aromatic carbocycles. The molecule has 0 spiro atoms. The molecule has 0 aromatic heterocycles. The third-order valence-corrected chi connectivity index (χ3v) is 5.92. The van der Waals surface area contributed by atoms with Crippen LogP contribution in [0.1, 0.15) is 11.1 Å². The van der Waals surface area contributed by atoms with E-state index >= 15 is 0 Å². The van der Waals surface area contributed by atoms with Gasteiger partial charge in [-0.05, 0) is 12.1 Å². The van der Waals surface area contributed by atoms with Gasteiger partial charge >= 0.3 is 11.9 Å². The van der Waals surface area contributed by atoms with Gasteiger partial charge in [-0.2, -0.15) is 0 Å². The molecule has 0 amide bonds. The molecule has 0 bridgehead atoms. The molecular formula is C26H22O7. The average Bonchev–Trinajstić information content (AvgIpc) is 2.81. The van der Waals surface area contributed by atoms with Crippen molar-refractivity contribution in [3.8, 4) is 11.5 Å². The van der Waals surface area contributed by atoms with Crippen molar-refractivity contribution < 1.29 is 34.8 Å². The Labute approximate surface area is 189 Å². The van der Waals surface area contributed by atoms with Crippen molar-refractivity contribution in [2.75, 3.05) is 0 Å². The smallest absolute Gasteiger partial charge is 0.322 e. The molecule has 0 atom stereocenters. The monoisotopic (exact) mass is 446 g/mol. The average molecular weight is 446 g/mol. The van der Waals surface area contributed by atoms with Crippen LogP contribution in [0.25, 0.3) is 0 Å². The second-order valence-corrected chi connectivity index (χ2v) is 7.88. The van der Waals surface area contributed by atoms with Crippen LogP contribution < -0.4 is 0 Å². The first-order chi connectivity index (χ1) is 15.8. The van der Waals surface area contributed by atoms with Crippen LogP contribution in [0.4, 0.5) is 0 Å². The first kappa shape index (κ1) is 22.1. The molecule has 7 heteroatoms. The Bertz CT molecular complexity index is 1080. The summed E-state index contributed by atoms with van der Waals surface area (Å²) in [6.45, 7) is 0. The second kappa shape index (κ2) is 8.44. The molecule has 4 rings (SSSR count). The number of phenolic OH excluding ortho intramolecular Hbond substituents is 2. The molecular weight excluding hydrogens is 424 g/mol. The molecule has 7 nitrogen and oxygen atoms in total. The molecule has 2 aromatic rings. The Hall–Kier alpha value is -4.10. The quantitative estimate of drug-likeness (QED) is 0.501. The second-order valence-electron chi connectivity index (χ2n) is 7.88. The van der Waals surface area contributed by atoms with E-state index in [-0.39, 0.29) is 22.6 Å². The van der Waals surface area contributed by atoms with E-state index in [4.69, 9.17) is 4.74 Å². The van der Waals surface area contributed by atoms with Crippen molar-refractivity contribution in [2.45, 2.75) is 23.0 Å². The number of para-hydroxylation sites is 2. The molecule has 0 unspecified atom stereocenters. The molecule has 33 heavy (non-hydrogen) atoms. The number of ether oxygens (including phenoxy) is 1. The summed E-state index contributed by atoms with van der Waals surface area (Å²) in [7, 11) is 0. The molecule has 168 valence electrons. The van der Waals surface area contributed by atoms with Gasteiger partial charge in [-0.25, -0.2) is 0 Å². The fourth-order valence-electron chi connectivity index (χ4n) is 4.11. The van der Waals surface area contributed by atoms with Crippen LogP contribution >= 0.6 is 0 Å². The van der Waals surface area contributed by atoms with Gasteiger partial charge in [-0.1, -0.05) is 85.0 Å². The molecule has 0 heterocycles. The highest BCUT2D eigenvalue weighted by Crippen LogP contribution is 2.39. The van der Waals surface area contributed by atoms with E-state index in [1.165, 1.54) is 36.4 Å². The molecule has 0 saturated carbocycles. The van der Waals surface area contributed by atoms with E-state index in [1.54, 1.807) is 60.7 Å². The van der Waals surface area contributed by atoms with Crippen LogP contribution in [0, 0.1) is 0 Å². The highest BCUT2D eigenvalue weighted by molar-refractivity contribution is 5.89. The summed E-state index contributed by atoms with van der Waals surface area (Å²) in [6, 6.07) is 12.5. The van der Waals surface area contributed by atoms with Gasteiger partial charge < -0.3 is 25.2 Å². The molecule has 0 fully saturated rings. The van der Waals surface area contributed by atoms with Crippen LogP contribution in [0.3, 0.4) is 0 Å². The lowest BCUT2D eigenvalue weighted by Gasteiger charge is -2.31. The molecule has 0 radical (unpaired) electrons. The highest BCUT2D eigenvalue weighted by Gasteiger charge is 2.41. The summed E-state index contributed by atoms with van der Waals surface area (Å²) in [6.07, 6.45) is 11.1. The lowest BCUT2D eigenvalue weighted by Crippen LogP contribution is -2.36. The normalized spacial score (nSPS) is 28.0. The summed E-state index contributed by atoms with van der Waals surface area (Å²) < 4.78 is 5.95. The van der Waals surface area contributed by atoms with Gasteiger partial charge in [0.15, 0.2) is 0 Å². The van der Waals surface area contributed by atoms with Crippen LogP contribution in [0.2, 0.25) is 0 Å². The minimum atomic E-state index is -1.52. The lowest BCUT2D eigenvalue weighted by molar-refractivity contribution is -0.141. The highest BCUT2D eigenvalue weighted by atomic mass is 16.5. The zero-order valence-electron chi connectivity index (χ0n) is 17.4.